The molecule has 4 heteroatoms. The average molecular weight is 368 g/mol. The van der Waals surface area contributed by atoms with Gasteiger partial charge in [-0.3, -0.25) is 0 Å². The molecule has 26 heavy (non-hydrogen) atoms. The predicted molar refractivity (Wildman–Crippen MR) is 105 cm³/mol. The van der Waals surface area contributed by atoms with Crippen LogP contribution in [0.1, 0.15) is 55.3 Å². The molecule has 0 radical (unpaired) electrons. The molecule has 0 unspecified atom stereocenters. The molecular formula is C22H26ClN3. The van der Waals surface area contributed by atoms with E-state index in [-0.39, 0.29) is 0 Å². The van der Waals surface area contributed by atoms with Crippen LogP contribution in [-0.2, 0) is 11.8 Å². The molecule has 2 aromatic rings. The molecule has 4 saturated carbocycles. The van der Waals surface area contributed by atoms with Gasteiger partial charge in [0.1, 0.15) is 5.82 Å². The lowest BCUT2D eigenvalue weighted by Gasteiger charge is -2.56. The summed E-state index contributed by atoms with van der Waals surface area (Å²) in [7, 11) is 0. The van der Waals surface area contributed by atoms with E-state index in [1.807, 2.05) is 12.1 Å². The van der Waals surface area contributed by atoms with Crippen LogP contribution in [0.2, 0.25) is 5.02 Å². The van der Waals surface area contributed by atoms with Gasteiger partial charge < -0.3 is 5.32 Å². The zero-order valence-electron chi connectivity index (χ0n) is 15.4. The lowest BCUT2D eigenvalue weighted by molar-refractivity contribution is -0.00770. The molecular weight excluding hydrogens is 342 g/mol. The van der Waals surface area contributed by atoms with Crippen LogP contribution in [-0.4, -0.2) is 16.3 Å². The Balaban J connectivity index is 1.51. The fourth-order valence-corrected chi connectivity index (χ4v) is 7.26. The third-order valence-electron chi connectivity index (χ3n) is 7.58. The Bertz CT molecular complexity index is 862. The van der Waals surface area contributed by atoms with Gasteiger partial charge >= 0.3 is 0 Å². The first-order chi connectivity index (χ1) is 12.6. The molecule has 3 nitrogen and oxygen atoms in total. The van der Waals surface area contributed by atoms with Gasteiger partial charge in [-0.1, -0.05) is 11.6 Å². The fraction of sp³-hybridized carbons (Fsp3) is 0.591. The number of halogens is 1. The largest absolute Gasteiger partial charge is 0.369 e. The molecule has 1 aromatic carbocycles. The molecule has 1 aliphatic heterocycles. The van der Waals surface area contributed by atoms with Crippen LogP contribution in [0.5, 0.6) is 0 Å². The lowest BCUT2D eigenvalue weighted by Crippen LogP contribution is -2.49. The van der Waals surface area contributed by atoms with Gasteiger partial charge in [0.2, 0.25) is 0 Å². The van der Waals surface area contributed by atoms with E-state index in [0.29, 0.717) is 5.41 Å². The van der Waals surface area contributed by atoms with Crippen molar-refractivity contribution in [1.82, 2.24) is 9.78 Å². The van der Waals surface area contributed by atoms with E-state index in [1.54, 1.807) is 0 Å². The second kappa shape index (κ2) is 5.28. The normalized spacial score (nSPS) is 34.2. The topological polar surface area (TPSA) is 29.9 Å². The summed E-state index contributed by atoms with van der Waals surface area (Å²) in [6, 6.07) is 6.15. The number of nitrogens with one attached hydrogen (secondary N) is 1. The van der Waals surface area contributed by atoms with Crippen LogP contribution in [0.4, 0.5) is 5.82 Å². The summed E-state index contributed by atoms with van der Waals surface area (Å²) in [4.78, 5) is 0. The van der Waals surface area contributed by atoms with Crippen molar-refractivity contribution in [3.8, 4) is 5.69 Å². The van der Waals surface area contributed by atoms with Crippen LogP contribution >= 0.6 is 11.6 Å². The van der Waals surface area contributed by atoms with E-state index in [1.165, 1.54) is 61.2 Å². The SMILES string of the molecule is Cc1cc(Cl)ccc1-n1nc(C23CC4CC(CC(C4)C2)C3)c2c1NCC2. The van der Waals surface area contributed by atoms with Crippen molar-refractivity contribution < 1.29 is 0 Å². The van der Waals surface area contributed by atoms with Crippen molar-refractivity contribution in [1.29, 1.82) is 0 Å². The predicted octanol–water partition coefficient (Wildman–Crippen LogP) is 5.27. The maximum Gasteiger partial charge on any atom is 0.133 e. The second-order valence-electron chi connectivity index (χ2n) is 9.39. The van der Waals surface area contributed by atoms with Crippen LogP contribution in [0.15, 0.2) is 18.2 Å². The molecule has 1 aromatic heterocycles. The summed E-state index contributed by atoms with van der Waals surface area (Å²) < 4.78 is 2.18. The van der Waals surface area contributed by atoms with Gasteiger partial charge in [-0.05, 0) is 93.4 Å². The van der Waals surface area contributed by atoms with Crippen LogP contribution in [0, 0.1) is 24.7 Å². The number of hydrogen-bond acceptors (Lipinski definition) is 2. The van der Waals surface area contributed by atoms with Crippen LogP contribution < -0.4 is 5.32 Å². The Morgan fingerprint density at radius 3 is 2.46 bits per heavy atom. The number of aryl methyl sites for hydroxylation is 1. The highest BCUT2D eigenvalue weighted by atomic mass is 35.5. The summed E-state index contributed by atoms with van der Waals surface area (Å²) in [6.07, 6.45) is 9.70. The highest BCUT2D eigenvalue weighted by molar-refractivity contribution is 6.30. The van der Waals surface area contributed by atoms with Gasteiger partial charge in [-0.25, -0.2) is 4.68 Å². The number of anilines is 1. The summed E-state index contributed by atoms with van der Waals surface area (Å²) >= 11 is 6.19. The first-order valence-electron chi connectivity index (χ1n) is 10.2. The zero-order valence-corrected chi connectivity index (χ0v) is 16.1. The lowest BCUT2D eigenvalue weighted by atomic mass is 9.48. The first-order valence-corrected chi connectivity index (χ1v) is 10.6. The van der Waals surface area contributed by atoms with E-state index < -0.39 is 0 Å². The summed E-state index contributed by atoms with van der Waals surface area (Å²) in [5.74, 6) is 4.09. The molecule has 4 aliphatic carbocycles. The number of nitrogens with zero attached hydrogens (tertiary/aromatic N) is 2. The first kappa shape index (κ1) is 15.6. The molecule has 4 fully saturated rings. The van der Waals surface area contributed by atoms with E-state index in [4.69, 9.17) is 16.7 Å². The van der Waals surface area contributed by atoms with Gasteiger partial charge in [-0.15, -0.1) is 0 Å². The van der Waals surface area contributed by atoms with Gasteiger partial charge in [0.15, 0.2) is 0 Å². The van der Waals surface area contributed by atoms with Crippen molar-refractivity contribution in [2.24, 2.45) is 17.8 Å². The highest BCUT2D eigenvalue weighted by Crippen LogP contribution is 2.61. The van der Waals surface area contributed by atoms with Gasteiger partial charge in [0, 0.05) is 22.5 Å². The Kier molecular flexibility index (Phi) is 3.16. The maximum atomic E-state index is 6.19. The standard InChI is InChI=1S/C22H26ClN3/c1-13-6-17(23)2-3-19(13)26-21-18(4-5-24-21)20(25-26)22-10-14-7-15(11-22)9-16(8-14)12-22/h2-3,6,14-16,24H,4-5,7-12H2,1H3. The van der Waals surface area contributed by atoms with Crippen LogP contribution in [0.25, 0.3) is 5.69 Å². The van der Waals surface area contributed by atoms with Crippen LogP contribution in [0.3, 0.4) is 0 Å². The zero-order chi connectivity index (χ0) is 17.5. The van der Waals surface area contributed by atoms with Crippen molar-refractivity contribution >= 4 is 17.4 Å². The summed E-state index contributed by atoms with van der Waals surface area (Å²) in [6.45, 7) is 3.17. The van der Waals surface area contributed by atoms with Crippen molar-refractivity contribution in [3.05, 3.63) is 40.0 Å². The van der Waals surface area contributed by atoms with Gasteiger partial charge in [-0.2, -0.15) is 5.10 Å². The average Bonchev–Trinajstić information content (AvgIpc) is 3.16. The molecule has 4 bridgehead atoms. The monoisotopic (exact) mass is 367 g/mol. The fourth-order valence-electron chi connectivity index (χ4n) is 7.03. The van der Waals surface area contributed by atoms with Gasteiger partial charge in [0.05, 0.1) is 11.4 Å². The highest BCUT2D eigenvalue weighted by Gasteiger charge is 2.54. The minimum absolute atomic E-state index is 0.358. The summed E-state index contributed by atoms with van der Waals surface area (Å²) in [5.41, 5.74) is 5.65. The second-order valence-corrected chi connectivity index (χ2v) is 9.83. The minimum atomic E-state index is 0.358. The summed E-state index contributed by atoms with van der Waals surface area (Å²) in [5, 5.41) is 9.72. The molecule has 2 heterocycles. The third kappa shape index (κ3) is 2.10. The Labute approximate surface area is 160 Å². The molecule has 7 rings (SSSR count). The van der Waals surface area contributed by atoms with Crippen molar-refractivity contribution in [2.75, 3.05) is 11.9 Å². The molecule has 0 atom stereocenters. The van der Waals surface area contributed by atoms with E-state index >= 15 is 0 Å². The number of rotatable bonds is 2. The molecule has 1 N–H and O–H groups in total. The third-order valence-corrected chi connectivity index (χ3v) is 7.81. The molecule has 136 valence electrons. The van der Waals surface area contributed by atoms with Crippen molar-refractivity contribution in [3.63, 3.8) is 0 Å². The molecule has 5 aliphatic rings. The Morgan fingerprint density at radius 2 is 1.81 bits per heavy atom. The smallest absolute Gasteiger partial charge is 0.133 e. The number of hydrogen-bond donors (Lipinski definition) is 1. The number of fused-ring (bicyclic) bond motifs is 1. The maximum absolute atomic E-state index is 6.19. The van der Waals surface area contributed by atoms with E-state index in [9.17, 15) is 0 Å². The molecule has 0 saturated heterocycles. The van der Waals surface area contributed by atoms with Crippen molar-refractivity contribution in [2.45, 2.75) is 57.3 Å². The molecule has 0 spiro atoms. The minimum Gasteiger partial charge on any atom is -0.369 e. The van der Waals surface area contributed by atoms with Gasteiger partial charge in [0.25, 0.3) is 0 Å². The number of aromatic nitrogens is 2. The molecule has 0 amide bonds. The van der Waals surface area contributed by atoms with E-state index in [0.717, 1.165) is 41.4 Å². The Morgan fingerprint density at radius 1 is 1.12 bits per heavy atom. The van der Waals surface area contributed by atoms with E-state index in [2.05, 4.69) is 23.0 Å². The Hall–Kier alpha value is -1.48. The quantitative estimate of drug-likeness (QED) is 0.783. The number of benzene rings is 1.